The molecule has 3 aromatic heterocycles. The molecule has 1 amide bonds. The van der Waals surface area contributed by atoms with Gasteiger partial charge in [0.15, 0.2) is 5.65 Å². The van der Waals surface area contributed by atoms with Gasteiger partial charge in [0.25, 0.3) is 5.91 Å². The molecule has 22 heavy (non-hydrogen) atoms. The third kappa shape index (κ3) is 1.80. The van der Waals surface area contributed by atoms with Crippen LogP contribution in [0.25, 0.3) is 11.2 Å². The highest BCUT2D eigenvalue weighted by Crippen LogP contribution is 2.30. The molecule has 0 spiro atoms. The standard InChI is InChI=1S/C16H15N5O/c1-3-12-11-7-21(16(22)10(11)6-9(2)19-12)14-5-4-13-15(20-14)18-8-17-13/h4-6,8H,3,7H2,1-2H3,(H,17,18,20). The van der Waals surface area contributed by atoms with Gasteiger partial charge in [0, 0.05) is 22.5 Å². The zero-order chi connectivity index (χ0) is 15.3. The molecule has 1 aliphatic rings. The molecular formula is C16H15N5O. The second-order valence-corrected chi connectivity index (χ2v) is 5.42. The zero-order valence-corrected chi connectivity index (χ0v) is 12.4. The van der Waals surface area contributed by atoms with Crippen molar-refractivity contribution >= 4 is 22.9 Å². The highest BCUT2D eigenvalue weighted by Gasteiger charge is 2.32. The van der Waals surface area contributed by atoms with E-state index in [9.17, 15) is 4.79 Å². The molecule has 6 nitrogen and oxygen atoms in total. The van der Waals surface area contributed by atoms with Crippen molar-refractivity contribution in [3.05, 3.63) is 47.0 Å². The molecule has 0 saturated carbocycles. The van der Waals surface area contributed by atoms with Gasteiger partial charge in [0.05, 0.1) is 12.9 Å². The summed E-state index contributed by atoms with van der Waals surface area (Å²) in [5.74, 6) is 0.624. The van der Waals surface area contributed by atoms with E-state index in [1.54, 1.807) is 11.2 Å². The lowest BCUT2D eigenvalue weighted by atomic mass is 10.1. The van der Waals surface area contributed by atoms with Crippen LogP contribution in [0, 0.1) is 6.92 Å². The number of nitrogens with zero attached hydrogens (tertiary/aromatic N) is 4. The minimum atomic E-state index is -0.0124. The number of anilines is 1. The van der Waals surface area contributed by atoms with Crippen molar-refractivity contribution in [3.8, 4) is 0 Å². The number of rotatable bonds is 2. The fraction of sp³-hybridized carbons (Fsp3) is 0.250. The molecule has 0 aliphatic carbocycles. The number of aromatic amines is 1. The molecule has 0 unspecified atom stereocenters. The Morgan fingerprint density at radius 2 is 2.18 bits per heavy atom. The molecule has 4 rings (SSSR count). The molecule has 0 fully saturated rings. The Hall–Kier alpha value is -2.76. The minimum Gasteiger partial charge on any atom is -0.329 e. The van der Waals surface area contributed by atoms with Crippen LogP contribution >= 0.6 is 0 Å². The molecule has 0 atom stereocenters. The number of pyridine rings is 2. The van der Waals surface area contributed by atoms with Crippen LogP contribution in [-0.4, -0.2) is 25.8 Å². The predicted molar refractivity (Wildman–Crippen MR) is 82.8 cm³/mol. The Bertz CT molecular complexity index is 899. The summed E-state index contributed by atoms with van der Waals surface area (Å²) in [4.78, 5) is 30.6. The fourth-order valence-corrected chi connectivity index (χ4v) is 2.95. The van der Waals surface area contributed by atoms with Crippen LogP contribution in [-0.2, 0) is 13.0 Å². The number of H-pyrrole nitrogens is 1. The summed E-state index contributed by atoms with van der Waals surface area (Å²) in [5.41, 5.74) is 5.11. The number of hydrogen-bond acceptors (Lipinski definition) is 4. The lowest BCUT2D eigenvalue weighted by Crippen LogP contribution is -2.24. The van der Waals surface area contributed by atoms with Crippen molar-refractivity contribution in [3.63, 3.8) is 0 Å². The SMILES string of the molecule is CCc1nc(C)cc2c1CN(c1ccc3nc[nH]c3n1)C2=O. The van der Waals surface area contributed by atoms with E-state index in [0.29, 0.717) is 18.0 Å². The highest BCUT2D eigenvalue weighted by molar-refractivity contribution is 6.10. The minimum absolute atomic E-state index is 0.0124. The van der Waals surface area contributed by atoms with Crippen LogP contribution in [0.5, 0.6) is 0 Å². The van der Waals surface area contributed by atoms with Crippen molar-refractivity contribution in [2.75, 3.05) is 4.90 Å². The number of hydrogen-bond donors (Lipinski definition) is 1. The van der Waals surface area contributed by atoms with Gasteiger partial charge in [-0.25, -0.2) is 9.97 Å². The molecule has 0 saturated heterocycles. The molecule has 1 aliphatic heterocycles. The first-order valence-corrected chi connectivity index (χ1v) is 7.28. The average molecular weight is 293 g/mol. The van der Waals surface area contributed by atoms with Crippen molar-refractivity contribution in [1.29, 1.82) is 0 Å². The molecule has 4 heterocycles. The maximum absolute atomic E-state index is 12.7. The second kappa shape index (κ2) is 4.62. The summed E-state index contributed by atoms with van der Waals surface area (Å²) in [6.07, 6.45) is 2.42. The summed E-state index contributed by atoms with van der Waals surface area (Å²) in [6.45, 7) is 4.51. The van der Waals surface area contributed by atoms with E-state index in [-0.39, 0.29) is 5.91 Å². The third-order valence-corrected chi connectivity index (χ3v) is 4.01. The van der Waals surface area contributed by atoms with Gasteiger partial charge in [-0.1, -0.05) is 6.92 Å². The van der Waals surface area contributed by atoms with Crippen LogP contribution in [0.1, 0.15) is 34.2 Å². The lowest BCUT2D eigenvalue weighted by Gasteiger charge is -2.14. The second-order valence-electron chi connectivity index (χ2n) is 5.42. The summed E-state index contributed by atoms with van der Waals surface area (Å²) in [6, 6.07) is 5.57. The number of imidazole rings is 1. The fourth-order valence-electron chi connectivity index (χ4n) is 2.95. The molecule has 3 aromatic rings. The number of aryl methyl sites for hydroxylation is 2. The van der Waals surface area contributed by atoms with Crippen LogP contribution < -0.4 is 4.90 Å². The first-order chi connectivity index (χ1) is 10.7. The maximum Gasteiger partial charge on any atom is 0.260 e. The number of fused-ring (bicyclic) bond motifs is 2. The Morgan fingerprint density at radius 3 is 3.00 bits per heavy atom. The first kappa shape index (κ1) is 12.9. The van der Waals surface area contributed by atoms with Gasteiger partial charge in [-0.05, 0) is 31.5 Å². The molecule has 0 bridgehead atoms. The van der Waals surface area contributed by atoms with Gasteiger partial charge in [-0.2, -0.15) is 0 Å². The Labute approximate surface area is 127 Å². The Morgan fingerprint density at radius 1 is 1.32 bits per heavy atom. The number of amides is 1. The number of aromatic nitrogens is 4. The summed E-state index contributed by atoms with van der Waals surface area (Å²) >= 11 is 0. The van der Waals surface area contributed by atoms with Crippen LogP contribution in [0.3, 0.4) is 0 Å². The lowest BCUT2D eigenvalue weighted by molar-refractivity contribution is 0.0996. The van der Waals surface area contributed by atoms with Crippen molar-refractivity contribution in [1.82, 2.24) is 19.9 Å². The van der Waals surface area contributed by atoms with Gasteiger partial charge >= 0.3 is 0 Å². The first-order valence-electron chi connectivity index (χ1n) is 7.28. The van der Waals surface area contributed by atoms with Gasteiger partial charge < -0.3 is 4.98 Å². The van der Waals surface area contributed by atoms with E-state index in [1.807, 2.05) is 25.1 Å². The molecule has 1 N–H and O–H groups in total. The Kier molecular flexibility index (Phi) is 2.72. The molecular weight excluding hydrogens is 278 g/mol. The van der Waals surface area contributed by atoms with Gasteiger partial charge in [0.2, 0.25) is 0 Å². The van der Waals surface area contributed by atoms with Crippen LogP contribution in [0.15, 0.2) is 24.5 Å². The van der Waals surface area contributed by atoms with E-state index in [2.05, 4.69) is 26.9 Å². The van der Waals surface area contributed by atoms with Gasteiger partial charge in [-0.3, -0.25) is 14.7 Å². The van der Waals surface area contributed by atoms with Crippen LogP contribution in [0.2, 0.25) is 0 Å². The smallest absolute Gasteiger partial charge is 0.260 e. The largest absolute Gasteiger partial charge is 0.329 e. The predicted octanol–water partition coefficient (Wildman–Crippen LogP) is 2.38. The average Bonchev–Trinajstić information content (AvgIpc) is 3.11. The molecule has 110 valence electrons. The topological polar surface area (TPSA) is 74.8 Å². The zero-order valence-electron chi connectivity index (χ0n) is 12.4. The number of carbonyl (C=O) groups excluding carboxylic acids is 1. The van der Waals surface area contributed by atoms with E-state index < -0.39 is 0 Å². The summed E-state index contributed by atoms with van der Waals surface area (Å²) in [7, 11) is 0. The maximum atomic E-state index is 12.7. The van der Waals surface area contributed by atoms with E-state index in [1.165, 1.54) is 0 Å². The summed E-state index contributed by atoms with van der Waals surface area (Å²) in [5, 5.41) is 0. The number of carbonyl (C=O) groups is 1. The molecule has 0 aromatic carbocycles. The quantitative estimate of drug-likeness (QED) is 0.787. The Balaban J connectivity index is 1.80. The van der Waals surface area contributed by atoms with Crippen molar-refractivity contribution in [2.24, 2.45) is 0 Å². The molecule has 6 heteroatoms. The summed E-state index contributed by atoms with van der Waals surface area (Å²) < 4.78 is 0. The monoisotopic (exact) mass is 293 g/mol. The highest BCUT2D eigenvalue weighted by atomic mass is 16.2. The third-order valence-electron chi connectivity index (χ3n) is 4.01. The van der Waals surface area contributed by atoms with E-state index >= 15 is 0 Å². The van der Waals surface area contributed by atoms with Crippen molar-refractivity contribution in [2.45, 2.75) is 26.8 Å². The van der Waals surface area contributed by atoms with E-state index in [0.717, 1.165) is 34.5 Å². The van der Waals surface area contributed by atoms with E-state index in [4.69, 9.17) is 0 Å². The van der Waals surface area contributed by atoms with Gasteiger partial charge in [-0.15, -0.1) is 0 Å². The van der Waals surface area contributed by atoms with Crippen LogP contribution in [0.4, 0.5) is 5.82 Å². The van der Waals surface area contributed by atoms with Gasteiger partial charge in [0.1, 0.15) is 11.3 Å². The normalized spacial score (nSPS) is 13.9. The van der Waals surface area contributed by atoms with Crippen molar-refractivity contribution < 1.29 is 4.79 Å². The number of nitrogens with one attached hydrogen (secondary N) is 1. The molecule has 0 radical (unpaired) electrons.